The summed E-state index contributed by atoms with van der Waals surface area (Å²) in [5, 5.41) is 31.2. The van der Waals surface area contributed by atoms with Crippen molar-refractivity contribution in [1.82, 2.24) is 0 Å². The Hall–Kier alpha value is -3.01. The predicted octanol–water partition coefficient (Wildman–Crippen LogP) is 5.97. The Morgan fingerprint density at radius 3 is 1.88 bits per heavy atom. The van der Waals surface area contributed by atoms with Crippen molar-refractivity contribution in [3.63, 3.8) is 0 Å². The maximum Gasteiger partial charge on any atom is 0.157 e. The van der Waals surface area contributed by atoms with Crippen LogP contribution in [0.2, 0.25) is 0 Å². The monoisotopic (exact) mass is 465 g/mol. The molecule has 0 aliphatic rings. The molecule has 32 heavy (non-hydrogen) atoms. The van der Waals surface area contributed by atoms with Crippen LogP contribution in [0.15, 0.2) is 80.2 Å². The molecule has 0 aliphatic carbocycles. The van der Waals surface area contributed by atoms with E-state index in [1.54, 1.807) is 6.92 Å². The van der Waals surface area contributed by atoms with Gasteiger partial charge in [0, 0.05) is 9.79 Å². The molecule has 1 unspecified atom stereocenters. The van der Waals surface area contributed by atoms with Crippen LogP contribution >= 0.6 is 23.5 Å². The van der Waals surface area contributed by atoms with E-state index in [0.29, 0.717) is 4.90 Å². The lowest BCUT2D eigenvalue weighted by atomic mass is 10.1. The largest absolute Gasteiger partial charge is 0.372 e. The average Bonchev–Trinajstić information content (AvgIpc) is 2.81. The summed E-state index contributed by atoms with van der Waals surface area (Å²) in [6.07, 6.45) is -1.15. The predicted molar refractivity (Wildman–Crippen MR) is 123 cm³/mol. The number of aliphatic hydroxyl groups is 1. The summed E-state index contributed by atoms with van der Waals surface area (Å²) >= 11 is 2.39. The summed E-state index contributed by atoms with van der Waals surface area (Å²) in [6, 6.07) is 22.3. The van der Waals surface area contributed by atoms with Crippen molar-refractivity contribution in [3.8, 4) is 12.1 Å². The number of benzene rings is 3. The highest BCUT2D eigenvalue weighted by atomic mass is 32.2. The highest BCUT2D eigenvalue weighted by Gasteiger charge is 2.31. The van der Waals surface area contributed by atoms with Gasteiger partial charge >= 0.3 is 0 Å². The lowest BCUT2D eigenvalue weighted by molar-refractivity contribution is 0.0211. The first-order valence-corrected chi connectivity index (χ1v) is 11.4. The second kappa shape index (κ2) is 11.0. The first-order chi connectivity index (χ1) is 15.5. The van der Waals surface area contributed by atoms with Crippen molar-refractivity contribution >= 4 is 29.2 Å². The minimum absolute atomic E-state index is 0.162. The standard InChI is InChI=1S/C24H20FN3O2S2/c1-3-30-28(16(2)29)22-20(15-27)19(14-26)21(25)23(31-17-10-6-4-7-11-17)24(22)32-18-12-8-5-9-13-18/h4-13,16,29H,3H2,1-2H3. The third-order valence-corrected chi connectivity index (χ3v) is 6.64. The van der Waals surface area contributed by atoms with Crippen LogP contribution < -0.4 is 5.06 Å². The number of nitrogens with zero attached hydrogens (tertiary/aromatic N) is 3. The van der Waals surface area contributed by atoms with Crippen molar-refractivity contribution in [2.24, 2.45) is 0 Å². The maximum atomic E-state index is 15.7. The Labute approximate surface area is 195 Å². The van der Waals surface area contributed by atoms with Crippen LogP contribution in [0.5, 0.6) is 0 Å². The summed E-state index contributed by atoms with van der Waals surface area (Å²) in [4.78, 5) is 7.77. The normalized spacial score (nSPS) is 11.4. The zero-order valence-corrected chi connectivity index (χ0v) is 19.1. The van der Waals surface area contributed by atoms with E-state index in [2.05, 4.69) is 0 Å². The van der Waals surface area contributed by atoms with Gasteiger partial charge in [0.2, 0.25) is 0 Å². The number of hydrogen-bond acceptors (Lipinski definition) is 7. The number of halogens is 1. The third kappa shape index (κ3) is 5.07. The molecule has 0 spiro atoms. The zero-order valence-electron chi connectivity index (χ0n) is 17.4. The molecule has 0 saturated carbocycles. The highest BCUT2D eigenvalue weighted by molar-refractivity contribution is 8.02. The van der Waals surface area contributed by atoms with Gasteiger partial charge < -0.3 is 5.11 Å². The van der Waals surface area contributed by atoms with Crippen molar-refractivity contribution in [2.45, 2.75) is 39.7 Å². The number of aliphatic hydroxyl groups excluding tert-OH is 1. The molecule has 1 N–H and O–H groups in total. The SMILES string of the molecule is CCON(c1c(C#N)c(C#N)c(F)c(Sc2ccccc2)c1Sc1ccccc1)C(C)O. The van der Waals surface area contributed by atoms with Crippen LogP contribution in [-0.4, -0.2) is 17.9 Å². The molecule has 3 rings (SSSR count). The van der Waals surface area contributed by atoms with Gasteiger partial charge in [-0.1, -0.05) is 59.9 Å². The van der Waals surface area contributed by atoms with Crippen molar-refractivity contribution in [3.05, 3.63) is 77.6 Å². The van der Waals surface area contributed by atoms with Crippen molar-refractivity contribution in [1.29, 1.82) is 10.5 Å². The van der Waals surface area contributed by atoms with E-state index in [1.165, 1.54) is 23.7 Å². The molecule has 8 heteroatoms. The maximum absolute atomic E-state index is 15.7. The van der Waals surface area contributed by atoms with E-state index < -0.39 is 12.0 Å². The Balaban J connectivity index is 2.36. The molecule has 1 atom stereocenters. The molecule has 162 valence electrons. The van der Waals surface area contributed by atoms with Gasteiger partial charge in [-0.2, -0.15) is 10.5 Å². The molecule has 0 aliphatic heterocycles. The lowest BCUT2D eigenvalue weighted by Crippen LogP contribution is -2.34. The first kappa shape index (κ1) is 23.6. The van der Waals surface area contributed by atoms with E-state index in [0.717, 1.165) is 21.6 Å². The van der Waals surface area contributed by atoms with Gasteiger partial charge in [-0.3, -0.25) is 4.84 Å². The fourth-order valence-electron chi connectivity index (χ4n) is 2.98. The smallest absolute Gasteiger partial charge is 0.157 e. The lowest BCUT2D eigenvalue weighted by Gasteiger charge is -2.30. The molecule has 5 nitrogen and oxygen atoms in total. The van der Waals surface area contributed by atoms with Crippen LogP contribution in [0.1, 0.15) is 25.0 Å². The fourth-order valence-corrected chi connectivity index (χ4v) is 5.14. The molecule has 0 amide bonds. The number of anilines is 1. The van der Waals surface area contributed by atoms with E-state index in [-0.39, 0.29) is 28.3 Å². The van der Waals surface area contributed by atoms with Crippen LogP contribution in [0.25, 0.3) is 0 Å². The van der Waals surface area contributed by atoms with Gasteiger partial charge in [-0.15, -0.1) is 0 Å². The highest BCUT2D eigenvalue weighted by Crippen LogP contribution is 2.48. The topological polar surface area (TPSA) is 80.3 Å². The van der Waals surface area contributed by atoms with Crippen LogP contribution in [-0.2, 0) is 4.84 Å². The molecule has 0 saturated heterocycles. The molecule has 0 bridgehead atoms. The van der Waals surface area contributed by atoms with Crippen LogP contribution in [0, 0.1) is 28.5 Å². The molecule has 0 heterocycles. The number of hydrogen-bond donors (Lipinski definition) is 1. The molecular weight excluding hydrogens is 445 g/mol. The molecule has 3 aromatic carbocycles. The van der Waals surface area contributed by atoms with Crippen molar-refractivity contribution in [2.75, 3.05) is 11.7 Å². The van der Waals surface area contributed by atoms with E-state index in [9.17, 15) is 15.6 Å². The minimum Gasteiger partial charge on any atom is -0.372 e. The molecule has 3 aromatic rings. The van der Waals surface area contributed by atoms with Gasteiger partial charge in [0.05, 0.1) is 22.0 Å². The molecule has 0 aromatic heterocycles. The zero-order chi connectivity index (χ0) is 23.1. The number of hydroxylamine groups is 1. The van der Waals surface area contributed by atoms with Gasteiger partial charge in [-0.25, -0.2) is 9.45 Å². The number of rotatable bonds is 8. The Morgan fingerprint density at radius 2 is 1.44 bits per heavy atom. The second-order valence-electron chi connectivity index (χ2n) is 6.50. The number of nitriles is 2. The van der Waals surface area contributed by atoms with Crippen LogP contribution in [0.4, 0.5) is 10.1 Å². The Kier molecular flexibility index (Phi) is 8.15. The summed E-state index contributed by atoms with van der Waals surface area (Å²) in [6.45, 7) is 3.42. The minimum atomic E-state index is -1.15. The first-order valence-electron chi connectivity index (χ1n) is 9.77. The molecule has 0 fully saturated rings. The van der Waals surface area contributed by atoms with Gasteiger partial charge in [0.25, 0.3) is 0 Å². The quantitative estimate of drug-likeness (QED) is 0.324. The van der Waals surface area contributed by atoms with Crippen molar-refractivity contribution < 1.29 is 14.3 Å². The average molecular weight is 466 g/mol. The van der Waals surface area contributed by atoms with E-state index >= 15 is 4.39 Å². The summed E-state index contributed by atoms with van der Waals surface area (Å²) in [5.74, 6) is -0.776. The third-order valence-electron chi connectivity index (χ3n) is 4.30. The van der Waals surface area contributed by atoms with Gasteiger partial charge in [0.1, 0.15) is 29.6 Å². The molecular formula is C24H20FN3O2S2. The van der Waals surface area contributed by atoms with Gasteiger partial charge in [-0.05, 0) is 38.1 Å². The summed E-state index contributed by atoms with van der Waals surface area (Å²) in [5.41, 5.74) is -0.409. The Bertz CT molecular complexity index is 1160. The van der Waals surface area contributed by atoms with E-state index in [4.69, 9.17) is 4.84 Å². The fraction of sp³-hybridized carbons (Fsp3) is 0.167. The molecule has 0 radical (unpaired) electrons. The Morgan fingerprint density at radius 1 is 0.938 bits per heavy atom. The summed E-state index contributed by atoms with van der Waals surface area (Å²) in [7, 11) is 0. The second-order valence-corrected chi connectivity index (χ2v) is 8.67. The van der Waals surface area contributed by atoms with E-state index in [1.807, 2.05) is 72.8 Å². The summed E-state index contributed by atoms with van der Waals surface area (Å²) < 4.78 is 15.7. The van der Waals surface area contributed by atoms with Gasteiger partial charge in [0.15, 0.2) is 5.82 Å². The van der Waals surface area contributed by atoms with Crippen LogP contribution in [0.3, 0.4) is 0 Å².